The van der Waals surface area contributed by atoms with E-state index < -0.39 is 0 Å². The number of nitrogens with zero attached hydrogens (tertiary/aromatic N) is 2. The first kappa shape index (κ1) is 15.4. The molecule has 1 aromatic rings. The van der Waals surface area contributed by atoms with Crippen LogP contribution in [0.2, 0.25) is 5.02 Å². The average molecular weight is 271 g/mol. The number of hydrogen-bond acceptors (Lipinski definition) is 4. The lowest BCUT2D eigenvalue weighted by atomic mass is 10.0. The van der Waals surface area contributed by atoms with Crippen molar-refractivity contribution in [2.75, 3.05) is 19.6 Å². The van der Waals surface area contributed by atoms with Crippen LogP contribution in [0.4, 0.5) is 0 Å². The van der Waals surface area contributed by atoms with Crippen LogP contribution in [0.25, 0.3) is 0 Å². The van der Waals surface area contributed by atoms with Crippen molar-refractivity contribution in [2.24, 2.45) is 5.84 Å². The van der Waals surface area contributed by atoms with Gasteiger partial charge in [0.05, 0.1) is 5.02 Å². The molecule has 0 spiro atoms. The van der Waals surface area contributed by atoms with E-state index in [0.29, 0.717) is 5.02 Å². The molecule has 0 aliphatic rings. The number of halogens is 1. The zero-order valence-corrected chi connectivity index (χ0v) is 12.0. The second kappa shape index (κ2) is 8.43. The Balaban J connectivity index is 2.49. The quantitative estimate of drug-likeness (QED) is 0.559. The van der Waals surface area contributed by atoms with Crippen LogP contribution in [-0.2, 0) is 6.42 Å². The highest BCUT2D eigenvalue weighted by molar-refractivity contribution is 6.31. The smallest absolute Gasteiger partial charge is 0.0621 e. The fraction of sp³-hybridized carbons (Fsp3) is 0.615. The van der Waals surface area contributed by atoms with Crippen LogP contribution in [-0.4, -0.2) is 35.6 Å². The van der Waals surface area contributed by atoms with Gasteiger partial charge in [-0.25, -0.2) is 0 Å². The molecular weight excluding hydrogens is 248 g/mol. The third-order valence-corrected chi connectivity index (χ3v) is 3.59. The highest BCUT2D eigenvalue weighted by atomic mass is 35.5. The Morgan fingerprint density at radius 1 is 1.44 bits per heavy atom. The standard InChI is InChI=1S/C13H23ClN4/c1-3-18(4-2)8-6-12(17-15)9-11-5-7-16-10-13(11)14/h5,7,10,12,17H,3-4,6,8-9,15H2,1-2H3. The fourth-order valence-corrected chi connectivity index (χ4v) is 2.15. The Kier molecular flexibility index (Phi) is 7.20. The van der Waals surface area contributed by atoms with Crippen LogP contribution in [0.15, 0.2) is 18.5 Å². The van der Waals surface area contributed by atoms with Gasteiger partial charge in [0.2, 0.25) is 0 Å². The van der Waals surface area contributed by atoms with Crippen LogP contribution < -0.4 is 11.3 Å². The van der Waals surface area contributed by atoms with E-state index in [1.165, 1.54) is 0 Å². The van der Waals surface area contributed by atoms with Gasteiger partial charge in [0.1, 0.15) is 0 Å². The van der Waals surface area contributed by atoms with Gasteiger partial charge in [-0.3, -0.25) is 16.3 Å². The molecule has 1 atom stereocenters. The maximum atomic E-state index is 6.10. The fourth-order valence-electron chi connectivity index (χ4n) is 1.96. The molecule has 1 rings (SSSR count). The van der Waals surface area contributed by atoms with Gasteiger partial charge in [0.25, 0.3) is 0 Å². The summed E-state index contributed by atoms with van der Waals surface area (Å²) in [6.07, 6.45) is 5.28. The molecule has 0 fully saturated rings. The van der Waals surface area contributed by atoms with Crippen LogP contribution in [0.5, 0.6) is 0 Å². The SMILES string of the molecule is CCN(CC)CCC(Cc1ccncc1Cl)NN. The van der Waals surface area contributed by atoms with Crippen molar-refractivity contribution in [3.8, 4) is 0 Å². The van der Waals surface area contributed by atoms with Crippen molar-refractivity contribution in [3.63, 3.8) is 0 Å². The summed E-state index contributed by atoms with van der Waals surface area (Å²) in [7, 11) is 0. The van der Waals surface area contributed by atoms with Crippen LogP contribution in [0.1, 0.15) is 25.8 Å². The first-order chi connectivity index (χ1) is 8.71. The Hall–Kier alpha value is -0.680. The van der Waals surface area contributed by atoms with E-state index in [1.54, 1.807) is 12.4 Å². The Morgan fingerprint density at radius 3 is 2.72 bits per heavy atom. The summed E-state index contributed by atoms with van der Waals surface area (Å²) in [5.74, 6) is 5.61. The second-order valence-electron chi connectivity index (χ2n) is 4.35. The summed E-state index contributed by atoms with van der Waals surface area (Å²) in [6, 6.07) is 2.19. The molecule has 4 nitrogen and oxygen atoms in total. The molecule has 1 unspecified atom stereocenters. The number of nitrogens with one attached hydrogen (secondary N) is 1. The summed E-state index contributed by atoms with van der Waals surface area (Å²) in [6.45, 7) is 7.54. The van der Waals surface area contributed by atoms with E-state index in [-0.39, 0.29) is 6.04 Å². The summed E-state index contributed by atoms with van der Waals surface area (Å²) in [5, 5.41) is 0.709. The lowest BCUT2D eigenvalue weighted by molar-refractivity contribution is 0.281. The van der Waals surface area contributed by atoms with Gasteiger partial charge < -0.3 is 4.90 Å². The Morgan fingerprint density at radius 2 is 2.17 bits per heavy atom. The Bertz CT molecular complexity index is 342. The molecule has 102 valence electrons. The summed E-state index contributed by atoms with van der Waals surface area (Å²) in [5.41, 5.74) is 3.97. The highest BCUT2D eigenvalue weighted by Gasteiger charge is 2.11. The molecule has 0 amide bonds. The molecule has 0 aliphatic heterocycles. The zero-order valence-electron chi connectivity index (χ0n) is 11.2. The van der Waals surface area contributed by atoms with E-state index in [1.807, 2.05) is 6.07 Å². The first-order valence-electron chi connectivity index (χ1n) is 6.48. The number of hydrogen-bond donors (Lipinski definition) is 2. The van der Waals surface area contributed by atoms with Gasteiger partial charge in [0, 0.05) is 18.4 Å². The molecule has 0 aliphatic carbocycles. The number of hydrazine groups is 1. The monoisotopic (exact) mass is 270 g/mol. The minimum absolute atomic E-state index is 0.241. The molecule has 18 heavy (non-hydrogen) atoms. The minimum Gasteiger partial charge on any atom is -0.304 e. The van der Waals surface area contributed by atoms with Gasteiger partial charge in [-0.15, -0.1) is 0 Å². The molecular formula is C13H23ClN4. The van der Waals surface area contributed by atoms with E-state index in [0.717, 1.165) is 38.0 Å². The summed E-state index contributed by atoms with van der Waals surface area (Å²) >= 11 is 6.10. The maximum absolute atomic E-state index is 6.10. The molecule has 1 aromatic heterocycles. The number of aromatic nitrogens is 1. The van der Waals surface area contributed by atoms with E-state index in [9.17, 15) is 0 Å². The van der Waals surface area contributed by atoms with Crippen molar-refractivity contribution < 1.29 is 0 Å². The molecule has 0 radical (unpaired) electrons. The number of pyridine rings is 1. The lowest BCUT2D eigenvalue weighted by Crippen LogP contribution is -2.39. The normalized spacial score (nSPS) is 12.9. The molecule has 1 heterocycles. The molecule has 3 N–H and O–H groups in total. The van der Waals surface area contributed by atoms with Crippen molar-refractivity contribution in [1.29, 1.82) is 0 Å². The molecule has 5 heteroatoms. The first-order valence-corrected chi connectivity index (χ1v) is 6.85. The van der Waals surface area contributed by atoms with Crippen molar-refractivity contribution >= 4 is 11.6 Å². The van der Waals surface area contributed by atoms with Gasteiger partial charge in [-0.1, -0.05) is 25.4 Å². The summed E-state index contributed by atoms with van der Waals surface area (Å²) in [4.78, 5) is 6.37. The predicted molar refractivity (Wildman–Crippen MR) is 76.5 cm³/mol. The molecule has 0 saturated heterocycles. The Labute approximate surface area is 114 Å². The molecule has 0 bridgehead atoms. The van der Waals surface area contributed by atoms with Crippen molar-refractivity contribution in [2.45, 2.75) is 32.7 Å². The molecule has 0 saturated carbocycles. The zero-order chi connectivity index (χ0) is 13.4. The highest BCUT2D eigenvalue weighted by Crippen LogP contribution is 2.16. The number of rotatable bonds is 8. The lowest BCUT2D eigenvalue weighted by Gasteiger charge is -2.22. The maximum Gasteiger partial charge on any atom is 0.0621 e. The third kappa shape index (κ3) is 4.90. The second-order valence-corrected chi connectivity index (χ2v) is 4.76. The van der Waals surface area contributed by atoms with E-state index in [4.69, 9.17) is 17.4 Å². The predicted octanol–water partition coefficient (Wildman–Crippen LogP) is 1.84. The largest absolute Gasteiger partial charge is 0.304 e. The molecule has 0 aromatic carbocycles. The van der Waals surface area contributed by atoms with E-state index >= 15 is 0 Å². The van der Waals surface area contributed by atoms with Crippen LogP contribution >= 0.6 is 11.6 Å². The van der Waals surface area contributed by atoms with Crippen molar-refractivity contribution in [3.05, 3.63) is 29.0 Å². The average Bonchev–Trinajstić information content (AvgIpc) is 2.40. The van der Waals surface area contributed by atoms with Crippen LogP contribution in [0, 0.1) is 0 Å². The van der Waals surface area contributed by atoms with Gasteiger partial charge in [-0.05, 0) is 44.1 Å². The van der Waals surface area contributed by atoms with Gasteiger partial charge >= 0.3 is 0 Å². The van der Waals surface area contributed by atoms with E-state index in [2.05, 4.69) is 29.2 Å². The number of nitrogens with two attached hydrogens (primary N) is 1. The topological polar surface area (TPSA) is 54.2 Å². The van der Waals surface area contributed by atoms with Crippen molar-refractivity contribution in [1.82, 2.24) is 15.3 Å². The third-order valence-electron chi connectivity index (χ3n) is 3.25. The summed E-state index contributed by atoms with van der Waals surface area (Å²) < 4.78 is 0. The van der Waals surface area contributed by atoms with Crippen LogP contribution in [0.3, 0.4) is 0 Å². The minimum atomic E-state index is 0.241. The van der Waals surface area contributed by atoms with Gasteiger partial charge in [0.15, 0.2) is 0 Å². The van der Waals surface area contributed by atoms with Gasteiger partial charge in [-0.2, -0.15) is 0 Å².